The first-order valence-electron chi connectivity index (χ1n) is 9.45. The van der Waals surface area contributed by atoms with Crippen LogP contribution in [0.4, 0.5) is 8.78 Å². The van der Waals surface area contributed by atoms with Crippen molar-refractivity contribution in [2.45, 2.75) is 25.4 Å². The van der Waals surface area contributed by atoms with E-state index < -0.39 is 29.1 Å². The highest BCUT2D eigenvalue weighted by Crippen LogP contribution is 2.36. The smallest absolute Gasteiger partial charge is 0.245 e. The van der Waals surface area contributed by atoms with E-state index in [0.717, 1.165) is 6.07 Å². The Hall–Kier alpha value is -2.88. The average Bonchev–Trinajstić information content (AvgIpc) is 3.10. The van der Waals surface area contributed by atoms with Gasteiger partial charge in [0.2, 0.25) is 17.6 Å². The minimum absolute atomic E-state index is 0.0303. The van der Waals surface area contributed by atoms with Gasteiger partial charge in [-0.15, -0.1) is 0 Å². The molecular weight excluding hydrogens is 430 g/mol. The first-order chi connectivity index (χ1) is 14.7. The minimum atomic E-state index is -1.10. The number of ether oxygens (including phenoxy) is 1. The molecule has 1 aromatic heterocycles. The van der Waals surface area contributed by atoms with Gasteiger partial charge in [-0.25, -0.2) is 8.78 Å². The van der Waals surface area contributed by atoms with E-state index in [1.165, 1.54) is 18.2 Å². The molecule has 0 aliphatic carbocycles. The van der Waals surface area contributed by atoms with Crippen molar-refractivity contribution >= 4 is 17.5 Å². The Kier molecular flexibility index (Phi) is 5.50. The molecule has 0 saturated carbocycles. The number of halogens is 3. The molecule has 7 nitrogen and oxygen atoms in total. The van der Waals surface area contributed by atoms with Gasteiger partial charge in [-0.2, -0.15) is 4.98 Å². The molecule has 162 valence electrons. The number of hydrogen-bond donors (Lipinski definition) is 2. The standard InChI is InChI=1S/C21H19ClF2N4O3/c1-10(26-20(29)21(25)8-30-9-21)14-4-3-12(5-16(14)23)15-6-13(22)7-17(24)18(15)19-27-11(2)31-28-19/h3-7,10H,8-9,25H2,1-2H3,(H,26,29)/t10-/m1/s1. The number of nitrogens with one attached hydrogen (secondary N) is 1. The molecule has 1 saturated heterocycles. The van der Waals surface area contributed by atoms with Gasteiger partial charge >= 0.3 is 0 Å². The van der Waals surface area contributed by atoms with Crippen molar-refractivity contribution in [1.82, 2.24) is 15.5 Å². The van der Waals surface area contributed by atoms with E-state index >= 15 is 0 Å². The molecule has 3 aromatic rings. The maximum Gasteiger partial charge on any atom is 0.245 e. The molecule has 4 rings (SSSR count). The zero-order chi connectivity index (χ0) is 22.3. The lowest BCUT2D eigenvalue weighted by atomic mass is 9.95. The summed E-state index contributed by atoms with van der Waals surface area (Å²) in [6, 6.07) is 6.34. The Labute approximate surface area is 181 Å². The summed E-state index contributed by atoms with van der Waals surface area (Å²) < 4.78 is 39.6. The van der Waals surface area contributed by atoms with Crippen LogP contribution in [0.5, 0.6) is 0 Å². The molecule has 1 aliphatic rings. The van der Waals surface area contributed by atoms with Crippen molar-refractivity contribution in [1.29, 1.82) is 0 Å². The molecule has 1 fully saturated rings. The van der Waals surface area contributed by atoms with Crippen LogP contribution < -0.4 is 11.1 Å². The van der Waals surface area contributed by atoms with Crippen molar-refractivity contribution in [2.24, 2.45) is 5.73 Å². The summed E-state index contributed by atoms with van der Waals surface area (Å²) in [6.45, 7) is 3.46. The second-order valence-corrected chi connectivity index (χ2v) is 7.96. The molecule has 0 bridgehead atoms. The third-order valence-electron chi connectivity index (χ3n) is 5.10. The second kappa shape index (κ2) is 7.99. The number of nitrogens with zero attached hydrogens (tertiary/aromatic N) is 2. The Morgan fingerprint density at radius 1 is 1.26 bits per heavy atom. The van der Waals surface area contributed by atoms with Crippen LogP contribution in [0.15, 0.2) is 34.9 Å². The van der Waals surface area contributed by atoms with Crippen LogP contribution in [-0.4, -0.2) is 34.8 Å². The Morgan fingerprint density at radius 3 is 2.58 bits per heavy atom. The van der Waals surface area contributed by atoms with Crippen LogP contribution in [0.1, 0.15) is 24.4 Å². The van der Waals surface area contributed by atoms with Gasteiger partial charge in [0.05, 0.1) is 24.8 Å². The first-order valence-corrected chi connectivity index (χ1v) is 9.83. The fourth-order valence-electron chi connectivity index (χ4n) is 3.35. The molecule has 0 spiro atoms. The maximum atomic E-state index is 15.0. The van der Waals surface area contributed by atoms with Crippen LogP contribution in [-0.2, 0) is 9.53 Å². The van der Waals surface area contributed by atoms with Crippen LogP contribution in [0.3, 0.4) is 0 Å². The highest BCUT2D eigenvalue weighted by atomic mass is 35.5. The molecule has 10 heteroatoms. The Bertz CT molecular complexity index is 1160. The van der Waals surface area contributed by atoms with E-state index in [4.69, 9.17) is 26.6 Å². The zero-order valence-electron chi connectivity index (χ0n) is 16.7. The van der Waals surface area contributed by atoms with E-state index in [1.54, 1.807) is 19.9 Å². The normalized spacial score (nSPS) is 15.9. The molecule has 1 aliphatic heterocycles. The number of aromatic nitrogens is 2. The van der Waals surface area contributed by atoms with Gasteiger partial charge in [0.15, 0.2) is 0 Å². The molecular formula is C21H19ClF2N4O3. The van der Waals surface area contributed by atoms with Crippen molar-refractivity contribution in [3.63, 3.8) is 0 Å². The van der Waals surface area contributed by atoms with E-state index in [-0.39, 0.29) is 41.1 Å². The van der Waals surface area contributed by atoms with E-state index in [2.05, 4.69) is 15.5 Å². The van der Waals surface area contributed by atoms with Gasteiger partial charge < -0.3 is 20.3 Å². The maximum absolute atomic E-state index is 15.0. The molecule has 31 heavy (non-hydrogen) atoms. The lowest BCUT2D eigenvalue weighted by Gasteiger charge is -2.36. The fraction of sp³-hybridized carbons (Fsp3) is 0.286. The Balaban J connectivity index is 1.68. The molecule has 0 unspecified atom stereocenters. The number of amides is 1. The summed E-state index contributed by atoms with van der Waals surface area (Å²) in [7, 11) is 0. The summed E-state index contributed by atoms with van der Waals surface area (Å²) in [5.41, 5.74) is 5.78. The summed E-state index contributed by atoms with van der Waals surface area (Å²) in [4.78, 5) is 16.4. The third kappa shape index (κ3) is 4.04. The number of carbonyl (C=O) groups is 1. The molecule has 3 N–H and O–H groups in total. The quantitative estimate of drug-likeness (QED) is 0.618. The number of carbonyl (C=O) groups excluding carboxylic acids is 1. The highest BCUT2D eigenvalue weighted by molar-refractivity contribution is 6.31. The number of nitrogens with two attached hydrogens (primary N) is 1. The number of benzene rings is 2. The lowest BCUT2D eigenvalue weighted by molar-refractivity contribution is -0.144. The highest BCUT2D eigenvalue weighted by Gasteiger charge is 2.42. The topological polar surface area (TPSA) is 103 Å². The van der Waals surface area contributed by atoms with Crippen molar-refractivity contribution in [3.05, 3.63) is 58.4 Å². The Morgan fingerprint density at radius 2 is 2.00 bits per heavy atom. The van der Waals surface area contributed by atoms with Crippen LogP contribution >= 0.6 is 11.6 Å². The monoisotopic (exact) mass is 448 g/mol. The largest absolute Gasteiger partial charge is 0.376 e. The van der Waals surface area contributed by atoms with Crippen LogP contribution in [0, 0.1) is 18.6 Å². The third-order valence-corrected chi connectivity index (χ3v) is 5.32. The fourth-order valence-corrected chi connectivity index (χ4v) is 3.55. The predicted molar refractivity (Wildman–Crippen MR) is 109 cm³/mol. The van der Waals surface area contributed by atoms with Gasteiger partial charge in [-0.1, -0.05) is 28.9 Å². The first kappa shape index (κ1) is 21.4. The lowest BCUT2D eigenvalue weighted by Crippen LogP contribution is -2.66. The summed E-state index contributed by atoms with van der Waals surface area (Å²) >= 11 is 6.04. The SMILES string of the molecule is Cc1nc(-c2c(F)cc(Cl)cc2-c2ccc([C@@H](C)NC(=O)C3(N)COC3)c(F)c2)no1. The van der Waals surface area contributed by atoms with Gasteiger partial charge in [-0.3, -0.25) is 4.79 Å². The second-order valence-electron chi connectivity index (χ2n) is 7.53. The molecule has 1 amide bonds. The van der Waals surface area contributed by atoms with Gasteiger partial charge in [0, 0.05) is 17.5 Å². The predicted octanol–water partition coefficient (Wildman–Crippen LogP) is 3.55. The van der Waals surface area contributed by atoms with Crippen molar-refractivity contribution < 1.29 is 22.8 Å². The van der Waals surface area contributed by atoms with Crippen molar-refractivity contribution in [3.8, 4) is 22.5 Å². The van der Waals surface area contributed by atoms with Gasteiger partial charge in [0.1, 0.15) is 17.2 Å². The van der Waals surface area contributed by atoms with Crippen molar-refractivity contribution in [2.75, 3.05) is 13.2 Å². The molecule has 0 radical (unpaired) electrons. The zero-order valence-corrected chi connectivity index (χ0v) is 17.5. The van der Waals surface area contributed by atoms with E-state index in [0.29, 0.717) is 11.1 Å². The number of hydrogen-bond acceptors (Lipinski definition) is 6. The number of rotatable bonds is 5. The number of aryl methyl sites for hydroxylation is 1. The summed E-state index contributed by atoms with van der Waals surface area (Å²) in [6.07, 6.45) is 0. The molecule has 2 heterocycles. The van der Waals surface area contributed by atoms with E-state index in [9.17, 15) is 13.6 Å². The molecule has 1 atom stereocenters. The summed E-state index contributed by atoms with van der Waals surface area (Å²) in [5.74, 6) is -1.37. The minimum Gasteiger partial charge on any atom is -0.376 e. The van der Waals surface area contributed by atoms with Crippen LogP contribution in [0.2, 0.25) is 5.02 Å². The summed E-state index contributed by atoms with van der Waals surface area (Å²) in [5, 5.41) is 6.60. The van der Waals surface area contributed by atoms with Gasteiger partial charge in [-0.05, 0) is 36.2 Å². The van der Waals surface area contributed by atoms with Crippen LogP contribution in [0.25, 0.3) is 22.5 Å². The van der Waals surface area contributed by atoms with E-state index in [1.807, 2.05) is 0 Å². The molecule has 2 aromatic carbocycles. The van der Waals surface area contributed by atoms with Gasteiger partial charge in [0.25, 0.3) is 0 Å². The average molecular weight is 449 g/mol.